The van der Waals surface area contributed by atoms with E-state index in [0.717, 1.165) is 12.1 Å². The van der Waals surface area contributed by atoms with E-state index in [2.05, 4.69) is 4.74 Å². The number of ether oxygens (including phenoxy) is 1. The van der Waals surface area contributed by atoms with Crippen LogP contribution in [0, 0.1) is 0 Å². The molecule has 0 heterocycles. The van der Waals surface area contributed by atoms with Gasteiger partial charge in [-0.25, -0.2) is 0 Å². The van der Waals surface area contributed by atoms with Crippen LogP contribution in [0.4, 0.5) is 13.2 Å². The van der Waals surface area contributed by atoms with Crippen molar-refractivity contribution in [1.82, 2.24) is 0 Å². The minimum absolute atomic E-state index is 0.234. The predicted octanol–water partition coefficient (Wildman–Crippen LogP) is 1.71. The number of hydrogen-bond donors (Lipinski definition) is 3. The number of alkyl halides is 3. The molecular formula is C10H12F3NO3. The average Bonchev–Trinajstić information content (AvgIpc) is 2.21. The largest absolute Gasteiger partial charge is 0.504 e. The first-order valence-electron chi connectivity index (χ1n) is 4.68. The van der Waals surface area contributed by atoms with Crippen molar-refractivity contribution in [3.8, 4) is 17.2 Å². The maximum Gasteiger partial charge on any atom is 0.396 e. The molecule has 0 saturated heterocycles. The summed E-state index contributed by atoms with van der Waals surface area (Å²) in [5.74, 6) is -3.43. The Balaban J connectivity index is 3.26. The van der Waals surface area contributed by atoms with Crippen molar-refractivity contribution in [2.75, 3.05) is 13.7 Å². The van der Waals surface area contributed by atoms with Gasteiger partial charge >= 0.3 is 6.18 Å². The first kappa shape index (κ1) is 13.4. The molecule has 4 N–H and O–H groups in total. The molecule has 0 aromatic heterocycles. The van der Waals surface area contributed by atoms with Crippen LogP contribution in [0.2, 0.25) is 0 Å². The Hall–Kier alpha value is -1.63. The lowest BCUT2D eigenvalue weighted by atomic mass is 9.98. The third kappa shape index (κ3) is 2.73. The lowest BCUT2D eigenvalue weighted by Crippen LogP contribution is -2.28. The van der Waals surface area contributed by atoms with Gasteiger partial charge in [0.05, 0.1) is 13.0 Å². The van der Waals surface area contributed by atoms with Crippen LogP contribution in [0.1, 0.15) is 11.5 Å². The van der Waals surface area contributed by atoms with Gasteiger partial charge in [-0.1, -0.05) is 0 Å². The number of methoxy groups -OCH3 is 1. The highest BCUT2D eigenvalue weighted by Crippen LogP contribution is 2.42. The zero-order valence-corrected chi connectivity index (χ0v) is 8.95. The highest BCUT2D eigenvalue weighted by atomic mass is 19.4. The Morgan fingerprint density at radius 1 is 1.35 bits per heavy atom. The molecule has 0 amide bonds. The minimum Gasteiger partial charge on any atom is -0.504 e. The van der Waals surface area contributed by atoms with E-state index in [-0.39, 0.29) is 11.3 Å². The molecule has 1 aromatic carbocycles. The van der Waals surface area contributed by atoms with E-state index in [1.165, 1.54) is 7.11 Å². The first-order valence-corrected chi connectivity index (χ1v) is 4.68. The fourth-order valence-corrected chi connectivity index (χ4v) is 1.43. The van der Waals surface area contributed by atoms with Gasteiger partial charge in [-0.05, 0) is 17.7 Å². The van der Waals surface area contributed by atoms with Crippen LogP contribution >= 0.6 is 0 Å². The molecule has 1 rings (SSSR count). The molecule has 96 valence electrons. The van der Waals surface area contributed by atoms with Crippen LogP contribution in [-0.2, 0) is 0 Å². The summed E-state index contributed by atoms with van der Waals surface area (Å²) in [6.07, 6.45) is -4.52. The Bertz CT molecular complexity index is 407. The summed E-state index contributed by atoms with van der Waals surface area (Å²) >= 11 is 0. The van der Waals surface area contributed by atoms with E-state index in [1.54, 1.807) is 0 Å². The molecule has 17 heavy (non-hydrogen) atoms. The van der Waals surface area contributed by atoms with Gasteiger partial charge in [0, 0.05) is 6.54 Å². The highest BCUT2D eigenvalue weighted by molar-refractivity contribution is 5.52. The molecule has 0 saturated carbocycles. The Labute approximate surface area is 95.4 Å². The van der Waals surface area contributed by atoms with E-state index < -0.39 is 30.1 Å². The smallest absolute Gasteiger partial charge is 0.396 e. The molecular weight excluding hydrogens is 239 g/mol. The number of nitrogens with two attached hydrogens (primary N) is 1. The zero-order chi connectivity index (χ0) is 13.2. The minimum atomic E-state index is -4.52. The first-order chi connectivity index (χ1) is 7.81. The summed E-state index contributed by atoms with van der Waals surface area (Å²) in [5.41, 5.74) is 4.81. The van der Waals surface area contributed by atoms with Crippen LogP contribution < -0.4 is 10.5 Å². The topological polar surface area (TPSA) is 75.7 Å². The van der Waals surface area contributed by atoms with E-state index in [0.29, 0.717) is 0 Å². The number of benzene rings is 1. The second-order valence-corrected chi connectivity index (χ2v) is 3.42. The van der Waals surface area contributed by atoms with Crippen molar-refractivity contribution >= 4 is 0 Å². The van der Waals surface area contributed by atoms with Gasteiger partial charge in [0.15, 0.2) is 11.5 Å². The molecule has 0 aliphatic carbocycles. The van der Waals surface area contributed by atoms with E-state index in [9.17, 15) is 23.4 Å². The summed E-state index contributed by atoms with van der Waals surface area (Å²) in [6, 6.07) is 1.82. The number of hydrogen-bond acceptors (Lipinski definition) is 4. The molecule has 7 heteroatoms. The average molecular weight is 251 g/mol. The molecule has 1 aromatic rings. The Morgan fingerprint density at radius 2 is 1.94 bits per heavy atom. The molecule has 1 unspecified atom stereocenters. The van der Waals surface area contributed by atoms with E-state index in [1.807, 2.05) is 0 Å². The van der Waals surface area contributed by atoms with Gasteiger partial charge < -0.3 is 20.7 Å². The Morgan fingerprint density at radius 3 is 2.35 bits per heavy atom. The molecule has 0 spiro atoms. The van der Waals surface area contributed by atoms with Gasteiger partial charge in [-0.15, -0.1) is 0 Å². The van der Waals surface area contributed by atoms with Crippen molar-refractivity contribution in [2.24, 2.45) is 5.73 Å². The fourth-order valence-electron chi connectivity index (χ4n) is 1.43. The van der Waals surface area contributed by atoms with Crippen molar-refractivity contribution in [2.45, 2.75) is 12.1 Å². The van der Waals surface area contributed by atoms with Gasteiger partial charge in [-0.3, -0.25) is 0 Å². The standard InChI is InChI=1S/C10H12F3NO3/c1-17-8-3-5(2-7(15)9(8)16)6(4-14)10(11,12)13/h2-3,6,15-16H,4,14H2,1H3. The van der Waals surface area contributed by atoms with E-state index >= 15 is 0 Å². The van der Waals surface area contributed by atoms with Crippen molar-refractivity contribution < 1.29 is 28.1 Å². The summed E-state index contributed by atoms with van der Waals surface area (Å²) in [6.45, 7) is -0.656. The lowest BCUT2D eigenvalue weighted by molar-refractivity contribution is -0.148. The maximum atomic E-state index is 12.6. The molecule has 0 radical (unpaired) electrons. The van der Waals surface area contributed by atoms with Crippen molar-refractivity contribution in [3.05, 3.63) is 17.7 Å². The number of aromatic hydroxyl groups is 2. The normalized spacial score (nSPS) is 13.5. The zero-order valence-electron chi connectivity index (χ0n) is 8.95. The third-order valence-corrected chi connectivity index (χ3v) is 2.33. The predicted molar refractivity (Wildman–Crippen MR) is 54.2 cm³/mol. The monoisotopic (exact) mass is 251 g/mol. The second kappa shape index (κ2) is 4.70. The second-order valence-electron chi connectivity index (χ2n) is 3.42. The summed E-state index contributed by atoms with van der Waals surface area (Å²) in [7, 11) is 1.17. The number of rotatable bonds is 3. The van der Waals surface area contributed by atoms with Crippen LogP contribution in [0.15, 0.2) is 12.1 Å². The highest BCUT2D eigenvalue weighted by Gasteiger charge is 2.40. The van der Waals surface area contributed by atoms with Crippen LogP contribution in [-0.4, -0.2) is 30.0 Å². The van der Waals surface area contributed by atoms with Crippen LogP contribution in [0.3, 0.4) is 0 Å². The van der Waals surface area contributed by atoms with Crippen molar-refractivity contribution in [1.29, 1.82) is 0 Å². The van der Waals surface area contributed by atoms with Gasteiger partial charge in [0.25, 0.3) is 0 Å². The van der Waals surface area contributed by atoms with Crippen LogP contribution in [0.25, 0.3) is 0 Å². The number of phenols is 2. The SMILES string of the molecule is COc1cc(C(CN)C(F)(F)F)cc(O)c1O. The molecule has 0 aliphatic heterocycles. The molecule has 0 fully saturated rings. The number of halogens is 3. The van der Waals surface area contributed by atoms with Gasteiger partial charge in [0.1, 0.15) is 0 Å². The molecule has 0 aliphatic rings. The summed E-state index contributed by atoms with van der Waals surface area (Å²) < 4.78 is 42.5. The van der Waals surface area contributed by atoms with Crippen molar-refractivity contribution in [3.63, 3.8) is 0 Å². The van der Waals surface area contributed by atoms with Crippen LogP contribution in [0.5, 0.6) is 17.2 Å². The summed E-state index contributed by atoms with van der Waals surface area (Å²) in [5, 5.41) is 18.6. The Kier molecular flexibility index (Phi) is 3.72. The molecule has 0 bridgehead atoms. The molecule has 1 atom stereocenters. The quantitative estimate of drug-likeness (QED) is 0.715. The summed E-state index contributed by atoms with van der Waals surface area (Å²) in [4.78, 5) is 0. The maximum absolute atomic E-state index is 12.6. The van der Waals surface area contributed by atoms with E-state index in [4.69, 9.17) is 5.73 Å². The van der Waals surface area contributed by atoms with Gasteiger partial charge in [0.2, 0.25) is 5.75 Å². The number of phenolic OH excluding ortho intramolecular Hbond substituents is 2. The molecule has 4 nitrogen and oxygen atoms in total. The van der Waals surface area contributed by atoms with Gasteiger partial charge in [-0.2, -0.15) is 13.2 Å². The fraction of sp³-hybridized carbons (Fsp3) is 0.400. The third-order valence-electron chi connectivity index (χ3n) is 2.33. The lowest BCUT2D eigenvalue weighted by Gasteiger charge is -2.20.